The fourth-order valence-corrected chi connectivity index (χ4v) is 2.39. The quantitative estimate of drug-likeness (QED) is 0.872. The molecular formula is C11H12BrNOS. The van der Waals surface area contributed by atoms with Crippen molar-refractivity contribution in [2.45, 2.75) is 19.8 Å². The van der Waals surface area contributed by atoms with Crippen molar-refractivity contribution in [3.8, 4) is 0 Å². The molecule has 1 heterocycles. The van der Waals surface area contributed by atoms with Crippen LogP contribution in [-0.4, -0.2) is 10.9 Å². The molecule has 2 aromatic rings. The number of rotatable bonds is 3. The van der Waals surface area contributed by atoms with E-state index in [9.17, 15) is 0 Å². The zero-order valence-corrected chi connectivity index (χ0v) is 10.9. The lowest BCUT2D eigenvalue weighted by Crippen LogP contribution is -1.87. The average molecular weight is 286 g/mol. The van der Waals surface area contributed by atoms with Gasteiger partial charge in [-0.15, -0.1) is 0 Å². The minimum absolute atomic E-state index is 0.787. The molecule has 4 heteroatoms. The first-order chi connectivity index (χ1) is 7.26. The molecule has 0 aliphatic heterocycles. The van der Waals surface area contributed by atoms with E-state index in [-0.39, 0.29) is 0 Å². The first kappa shape index (κ1) is 11.0. The van der Waals surface area contributed by atoms with Gasteiger partial charge in [-0.3, -0.25) is 0 Å². The summed E-state index contributed by atoms with van der Waals surface area (Å²) in [5.74, 6) is 0.787. The summed E-state index contributed by atoms with van der Waals surface area (Å²) in [7, 11) is 0. The Balaban J connectivity index is 2.61. The van der Waals surface area contributed by atoms with Gasteiger partial charge in [0.25, 0.3) is 0 Å². The summed E-state index contributed by atoms with van der Waals surface area (Å²) in [5.41, 5.74) is 3.12. The molecule has 0 fully saturated rings. The van der Waals surface area contributed by atoms with Crippen molar-refractivity contribution in [3.63, 3.8) is 0 Å². The van der Waals surface area contributed by atoms with Gasteiger partial charge in [-0.2, -0.15) is 12.6 Å². The predicted molar refractivity (Wildman–Crippen MR) is 68.6 cm³/mol. The number of hydrogen-bond donors (Lipinski definition) is 1. The third kappa shape index (κ3) is 2.06. The van der Waals surface area contributed by atoms with Gasteiger partial charge in [0.1, 0.15) is 0 Å². The van der Waals surface area contributed by atoms with E-state index in [1.54, 1.807) is 0 Å². The van der Waals surface area contributed by atoms with E-state index in [0.29, 0.717) is 0 Å². The van der Waals surface area contributed by atoms with Gasteiger partial charge in [0.2, 0.25) is 0 Å². The van der Waals surface area contributed by atoms with Gasteiger partial charge in [0, 0.05) is 11.8 Å². The maximum absolute atomic E-state index is 5.30. The Morgan fingerprint density at radius 3 is 2.93 bits per heavy atom. The summed E-state index contributed by atoms with van der Waals surface area (Å²) >= 11 is 7.71. The molecule has 2 rings (SSSR count). The van der Waals surface area contributed by atoms with E-state index in [0.717, 1.165) is 39.7 Å². The van der Waals surface area contributed by atoms with E-state index in [4.69, 9.17) is 4.52 Å². The summed E-state index contributed by atoms with van der Waals surface area (Å²) in [6, 6.07) is 4.23. The van der Waals surface area contributed by atoms with Gasteiger partial charge in [0.15, 0.2) is 5.58 Å². The largest absolute Gasteiger partial charge is 0.355 e. The number of hydrogen-bond acceptors (Lipinski definition) is 3. The molecule has 0 bridgehead atoms. The number of nitrogens with zero attached hydrogens (tertiary/aromatic N) is 1. The van der Waals surface area contributed by atoms with Crippen molar-refractivity contribution in [2.75, 3.05) is 5.75 Å². The van der Waals surface area contributed by atoms with E-state index >= 15 is 0 Å². The Bertz CT molecular complexity index is 481. The molecule has 80 valence electrons. The van der Waals surface area contributed by atoms with Crippen LogP contribution in [0.5, 0.6) is 0 Å². The molecule has 0 unspecified atom stereocenters. The third-order valence-electron chi connectivity index (χ3n) is 2.42. The summed E-state index contributed by atoms with van der Waals surface area (Å²) in [4.78, 5) is 0. The van der Waals surface area contributed by atoms with Gasteiger partial charge < -0.3 is 4.52 Å². The van der Waals surface area contributed by atoms with Gasteiger partial charge >= 0.3 is 0 Å². The second kappa shape index (κ2) is 4.58. The van der Waals surface area contributed by atoms with Gasteiger partial charge in [0.05, 0.1) is 10.2 Å². The first-order valence-corrected chi connectivity index (χ1v) is 6.36. The zero-order chi connectivity index (χ0) is 10.8. The molecule has 1 aromatic carbocycles. The van der Waals surface area contributed by atoms with Crippen LogP contribution < -0.4 is 0 Å². The minimum atomic E-state index is 0.787. The fourth-order valence-electron chi connectivity index (χ4n) is 1.60. The highest BCUT2D eigenvalue weighted by atomic mass is 79.9. The van der Waals surface area contributed by atoms with Crippen LogP contribution >= 0.6 is 28.6 Å². The van der Waals surface area contributed by atoms with Crippen LogP contribution in [0.2, 0.25) is 0 Å². The number of halogens is 1. The maximum Gasteiger partial charge on any atom is 0.181 e. The summed E-state index contributed by atoms with van der Waals surface area (Å²) in [6.45, 7) is 2.14. The van der Waals surface area contributed by atoms with E-state index in [1.165, 1.54) is 5.56 Å². The van der Waals surface area contributed by atoms with E-state index < -0.39 is 0 Å². The van der Waals surface area contributed by atoms with Crippen molar-refractivity contribution >= 4 is 39.5 Å². The maximum atomic E-state index is 5.30. The van der Waals surface area contributed by atoms with Crippen LogP contribution in [0.15, 0.2) is 21.1 Å². The Labute approximate surface area is 103 Å². The van der Waals surface area contributed by atoms with Crippen molar-refractivity contribution in [1.82, 2.24) is 5.16 Å². The highest BCUT2D eigenvalue weighted by Crippen LogP contribution is 2.28. The first-order valence-electron chi connectivity index (χ1n) is 4.93. The molecule has 0 aliphatic rings. The second-order valence-electron chi connectivity index (χ2n) is 3.41. The number of fused-ring (bicyclic) bond motifs is 1. The molecule has 0 saturated heterocycles. The number of thiol groups is 1. The summed E-state index contributed by atoms with van der Waals surface area (Å²) in [6.07, 6.45) is 1.86. The summed E-state index contributed by atoms with van der Waals surface area (Å²) in [5, 5.41) is 5.17. The highest BCUT2D eigenvalue weighted by Gasteiger charge is 2.11. The molecule has 0 N–H and O–H groups in total. The average Bonchev–Trinajstić information content (AvgIpc) is 2.63. The lowest BCUT2D eigenvalue weighted by atomic mass is 10.1. The molecule has 0 amide bonds. The Hall–Kier alpha value is -0.480. The zero-order valence-electron chi connectivity index (χ0n) is 8.46. The second-order valence-corrected chi connectivity index (χ2v) is 4.71. The van der Waals surface area contributed by atoms with Crippen LogP contribution in [0, 0.1) is 0 Å². The monoisotopic (exact) mass is 285 g/mol. The van der Waals surface area contributed by atoms with Crippen LogP contribution in [0.4, 0.5) is 0 Å². The van der Waals surface area contributed by atoms with Crippen LogP contribution in [-0.2, 0) is 12.8 Å². The molecular weight excluding hydrogens is 274 g/mol. The molecule has 0 saturated carbocycles. The molecule has 0 radical (unpaired) electrons. The fraction of sp³-hybridized carbons (Fsp3) is 0.364. The smallest absolute Gasteiger partial charge is 0.181 e. The molecule has 1 aromatic heterocycles. The topological polar surface area (TPSA) is 26.0 Å². The predicted octanol–water partition coefficient (Wildman–Crippen LogP) is 3.63. The number of benzene rings is 1. The minimum Gasteiger partial charge on any atom is -0.355 e. The summed E-state index contributed by atoms with van der Waals surface area (Å²) < 4.78 is 6.28. The lowest BCUT2D eigenvalue weighted by Gasteiger charge is -1.99. The third-order valence-corrected chi connectivity index (χ3v) is 3.23. The van der Waals surface area contributed by atoms with Gasteiger partial charge in [-0.25, -0.2) is 0 Å². The Morgan fingerprint density at radius 2 is 2.27 bits per heavy atom. The molecule has 0 spiro atoms. The van der Waals surface area contributed by atoms with Crippen LogP contribution in [0.3, 0.4) is 0 Å². The number of aromatic nitrogens is 1. The molecule has 0 aliphatic carbocycles. The van der Waals surface area contributed by atoms with Gasteiger partial charge in [-0.1, -0.05) is 12.1 Å². The SMILES string of the molecule is CCc1cc(Br)c2onc(CCS)c2c1. The normalized spacial score (nSPS) is 11.1. The van der Waals surface area contributed by atoms with E-state index in [1.807, 2.05) is 0 Å². The van der Waals surface area contributed by atoms with Crippen molar-refractivity contribution in [2.24, 2.45) is 0 Å². The Kier molecular flexibility index (Phi) is 3.36. The Morgan fingerprint density at radius 1 is 1.47 bits per heavy atom. The van der Waals surface area contributed by atoms with Crippen LogP contribution in [0.25, 0.3) is 11.0 Å². The van der Waals surface area contributed by atoms with Crippen molar-refractivity contribution in [3.05, 3.63) is 27.9 Å². The molecule has 15 heavy (non-hydrogen) atoms. The van der Waals surface area contributed by atoms with Crippen molar-refractivity contribution in [1.29, 1.82) is 0 Å². The number of aryl methyl sites for hydroxylation is 2. The van der Waals surface area contributed by atoms with Crippen molar-refractivity contribution < 1.29 is 4.52 Å². The van der Waals surface area contributed by atoms with E-state index in [2.05, 4.69) is 52.8 Å². The molecule has 2 nitrogen and oxygen atoms in total. The highest BCUT2D eigenvalue weighted by molar-refractivity contribution is 9.10. The van der Waals surface area contributed by atoms with Crippen LogP contribution in [0.1, 0.15) is 18.2 Å². The lowest BCUT2D eigenvalue weighted by molar-refractivity contribution is 0.446. The standard InChI is InChI=1S/C11H12BrNOS/c1-2-7-5-8-10(3-4-15)13-14-11(8)9(12)6-7/h5-6,15H,2-4H2,1H3. The molecule has 0 atom stereocenters. The van der Waals surface area contributed by atoms with Gasteiger partial charge in [-0.05, 0) is 45.8 Å².